The lowest BCUT2D eigenvalue weighted by Crippen LogP contribution is -2.41. The summed E-state index contributed by atoms with van der Waals surface area (Å²) in [5.41, 5.74) is 0.548. The molecule has 1 aromatic heterocycles. The Morgan fingerprint density at radius 1 is 1.44 bits per heavy atom. The van der Waals surface area contributed by atoms with Gasteiger partial charge in [-0.05, 0) is 12.1 Å². The van der Waals surface area contributed by atoms with E-state index in [-0.39, 0.29) is 5.97 Å². The molecule has 0 saturated carbocycles. The molecule has 2 heterocycles. The molecule has 0 N–H and O–H groups in total. The predicted octanol–water partition coefficient (Wildman–Crippen LogP) is 2.20. The molecule has 1 saturated heterocycles. The second-order valence-electron chi connectivity index (χ2n) is 4.53. The molecule has 0 amide bonds. The van der Waals surface area contributed by atoms with Gasteiger partial charge >= 0.3 is 5.97 Å². The van der Waals surface area contributed by atoms with Crippen molar-refractivity contribution in [1.29, 1.82) is 0 Å². The highest BCUT2D eigenvalue weighted by Gasteiger charge is 2.26. The molecule has 0 spiro atoms. The predicted molar refractivity (Wildman–Crippen MR) is 74.3 cm³/mol. The van der Waals surface area contributed by atoms with E-state index in [0.29, 0.717) is 16.1 Å². The van der Waals surface area contributed by atoms with Crippen LogP contribution in [-0.4, -0.2) is 41.7 Å². The minimum Gasteiger partial charge on any atom is -0.465 e. The average molecular weight is 266 g/mol. The third kappa shape index (κ3) is 2.77. The number of ether oxygens (including phenoxy) is 1. The highest BCUT2D eigenvalue weighted by molar-refractivity contribution is 8.00. The topological polar surface area (TPSA) is 42.4 Å². The Balaban J connectivity index is 2.29. The van der Waals surface area contributed by atoms with Gasteiger partial charge in [0.2, 0.25) is 0 Å². The van der Waals surface area contributed by atoms with E-state index in [1.807, 2.05) is 11.8 Å². The molecule has 1 aromatic rings. The van der Waals surface area contributed by atoms with Crippen molar-refractivity contribution in [3.05, 3.63) is 23.9 Å². The van der Waals surface area contributed by atoms with E-state index in [1.165, 1.54) is 7.11 Å². The second kappa shape index (κ2) is 5.61. The molecule has 0 radical (unpaired) electrons. The van der Waals surface area contributed by atoms with Gasteiger partial charge in [0.25, 0.3) is 0 Å². The molecule has 1 aliphatic rings. The standard InChI is InChI=1S/C13H18N2O2S/c1-9-7-15(8-10(2)18-9)12-11(13(16)17-3)5-4-6-14-12/h4-6,9-10H,7-8H2,1-3H3/t9-,10+. The van der Waals surface area contributed by atoms with Crippen LogP contribution in [0.4, 0.5) is 5.82 Å². The zero-order valence-corrected chi connectivity index (χ0v) is 11.7. The van der Waals surface area contributed by atoms with Gasteiger partial charge in [0.1, 0.15) is 11.4 Å². The van der Waals surface area contributed by atoms with Crippen molar-refractivity contribution in [1.82, 2.24) is 4.98 Å². The Morgan fingerprint density at radius 2 is 2.11 bits per heavy atom. The van der Waals surface area contributed by atoms with E-state index < -0.39 is 0 Å². The van der Waals surface area contributed by atoms with E-state index in [9.17, 15) is 4.79 Å². The number of hydrogen-bond acceptors (Lipinski definition) is 5. The van der Waals surface area contributed by atoms with Gasteiger partial charge < -0.3 is 9.64 Å². The monoisotopic (exact) mass is 266 g/mol. The molecule has 0 aliphatic carbocycles. The SMILES string of the molecule is COC(=O)c1cccnc1N1C[C@@H](C)S[C@@H](C)C1. The van der Waals surface area contributed by atoms with Crippen molar-refractivity contribution < 1.29 is 9.53 Å². The zero-order chi connectivity index (χ0) is 13.1. The first-order chi connectivity index (χ1) is 8.61. The fourth-order valence-electron chi connectivity index (χ4n) is 2.27. The Morgan fingerprint density at radius 3 is 2.72 bits per heavy atom. The Labute approximate surface area is 112 Å². The van der Waals surface area contributed by atoms with Crippen molar-refractivity contribution in [2.75, 3.05) is 25.1 Å². The van der Waals surface area contributed by atoms with Crippen molar-refractivity contribution in [3.8, 4) is 0 Å². The molecule has 2 atom stereocenters. The summed E-state index contributed by atoms with van der Waals surface area (Å²) >= 11 is 1.97. The smallest absolute Gasteiger partial charge is 0.341 e. The summed E-state index contributed by atoms with van der Waals surface area (Å²) in [5.74, 6) is 0.417. The van der Waals surface area contributed by atoms with Gasteiger partial charge in [-0.1, -0.05) is 13.8 Å². The van der Waals surface area contributed by atoms with E-state index in [0.717, 1.165) is 18.9 Å². The first-order valence-electron chi connectivity index (χ1n) is 6.05. The third-order valence-corrected chi connectivity index (χ3v) is 4.14. The van der Waals surface area contributed by atoms with Crippen LogP contribution in [0.3, 0.4) is 0 Å². The Kier molecular flexibility index (Phi) is 4.11. The molecule has 0 unspecified atom stereocenters. The van der Waals surface area contributed by atoms with Crippen LogP contribution >= 0.6 is 11.8 Å². The lowest BCUT2D eigenvalue weighted by atomic mass is 10.2. The highest BCUT2D eigenvalue weighted by Crippen LogP contribution is 2.29. The summed E-state index contributed by atoms with van der Waals surface area (Å²) in [7, 11) is 1.40. The number of anilines is 1. The summed E-state index contributed by atoms with van der Waals surface area (Å²) in [5, 5.41) is 1.09. The number of carbonyl (C=O) groups excluding carboxylic acids is 1. The number of nitrogens with zero attached hydrogens (tertiary/aromatic N) is 2. The van der Waals surface area contributed by atoms with Crippen LogP contribution in [0.5, 0.6) is 0 Å². The maximum Gasteiger partial charge on any atom is 0.341 e. The molecule has 5 heteroatoms. The number of esters is 1. The van der Waals surface area contributed by atoms with E-state index >= 15 is 0 Å². The van der Waals surface area contributed by atoms with Gasteiger partial charge in [-0.15, -0.1) is 0 Å². The van der Waals surface area contributed by atoms with Crippen LogP contribution in [0.2, 0.25) is 0 Å². The van der Waals surface area contributed by atoms with Gasteiger partial charge in [-0.2, -0.15) is 11.8 Å². The van der Waals surface area contributed by atoms with Crippen LogP contribution in [-0.2, 0) is 4.74 Å². The number of carbonyl (C=O) groups is 1. The van der Waals surface area contributed by atoms with Gasteiger partial charge in [-0.25, -0.2) is 9.78 Å². The van der Waals surface area contributed by atoms with Crippen molar-refractivity contribution in [2.24, 2.45) is 0 Å². The number of methoxy groups -OCH3 is 1. The van der Waals surface area contributed by atoms with E-state index in [4.69, 9.17) is 4.74 Å². The molecule has 1 aliphatic heterocycles. The summed E-state index contributed by atoms with van der Waals surface area (Å²) in [6, 6.07) is 3.53. The minimum atomic E-state index is -0.323. The summed E-state index contributed by atoms with van der Waals surface area (Å²) in [4.78, 5) is 18.3. The van der Waals surface area contributed by atoms with Crippen LogP contribution in [0.15, 0.2) is 18.3 Å². The quantitative estimate of drug-likeness (QED) is 0.768. The van der Waals surface area contributed by atoms with Crippen molar-refractivity contribution in [3.63, 3.8) is 0 Å². The van der Waals surface area contributed by atoms with Gasteiger partial charge in [-0.3, -0.25) is 0 Å². The third-order valence-electron chi connectivity index (χ3n) is 2.91. The molecule has 18 heavy (non-hydrogen) atoms. The second-order valence-corrected chi connectivity index (χ2v) is 6.41. The van der Waals surface area contributed by atoms with Crippen LogP contribution in [0.1, 0.15) is 24.2 Å². The van der Waals surface area contributed by atoms with Crippen molar-refractivity contribution >= 4 is 23.5 Å². The number of rotatable bonds is 2. The molecule has 1 fully saturated rings. The van der Waals surface area contributed by atoms with Gasteiger partial charge in [0, 0.05) is 29.8 Å². The molecule has 0 aromatic carbocycles. The molecule has 0 bridgehead atoms. The number of aromatic nitrogens is 1. The number of pyridine rings is 1. The largest absolute Gasteiger partial charge is 0.465 e. The molecule has 4 nitrogen and oxygen atoms in total. The van der Waals surface area contributed by atoms with Gasteiger partial charge in [0.15, 0.2) is 0 Å². The van der Waals surface area contributed by atoms with Crippen LogP contribution < -0.4 is 4.90 Å². The number of thioether (sulfide) groups is 1. The summed E-state index contributed by atoms with van der Waals surface area (Å²) < 4.78 is 4.81. The first-order valence-corrected chi connectivity index (χ1v) is 7.00. The lowest BCUT2D eigenvalue weighted by Gasteiger charge is -2.36. The molecular formula is C13H18N2O2S. The average Bonchev–Trinajstić information content (AvgIpc) is 2.36. The first kappa shape index (κ1) is 13.2. The molecule has 2 rings (SSSR count). The maximum atomic E-state index is 11.7. The Hall–Kier alpha value is -1.23. The molecular weight excluding hydrogens is 248 g/mol. The lowest BCUT2D eigenvalue weighted by molar-refractivity contribution is 0.0601. The fourth-order valence-corrected chi connectivity index (χ4v) is 3.59. The van der Waals surface area contributed by atoms with Crippen LogP contribution in [0.25, 0.3) is 0 Å². The molecule has 98 valence electrons. The summed E-state index contributed by atoms with van der Waals surface area (Å²) in [6.45, 7) is 6.23. The van der Waals surface area contributed by atoms with Crippen LogP contribution in [0, 0.1) is 0 Å². The zero-order valence-electron chi connectivity index (χ0n) is 10.9. The fraction of sp³-hybridized carbons (Fsp3) is 0.538. The van der Waals surface area contributed by atoms with E-state index in [2.05, 4.69) is 23.7 Å². The maximum absolute atomic E-state index is 11.7. The van der Waals surface area contributed by atoms with Crippen molar-refractivity contribution in [2.45, 2.75) is 24.3 Å². The minimum absolute atomic E-state index is 0.323. The normalized spacial score (nSPS) is 23.8. The van der Waals surface area contributed by atoms with Gasteiger partial charge in [0.05, 0.1) is 7.11 Å². The highest BCUT2D eigenvalue weighted by atomic mass is 32.2. The summed E-state index contributed by atoms with van der Waals surface area (Å²) in [6.07, 6.45) is 1.72. The number of hydrogen-bond donors (Lipinski definition) is 0. The van der Waals surface area contributed by atoms with E-state index in [1.54, 1.807) is 18.3 Å². The Bertz CT molecular complexity index is 429.